The van der Waals surface area contributed by atoms with Crippen LogP contribution < -0.4 is 5.32 Å². The third kappa shape index (κ3) is 1.55. The van der Waals surface area contributed by atoms with Gasteiger partial charge in [0.05, 0.1) is 4.90 Å². The van der Waals surface area contributed by atoms with Crippen LogP contribution in [0.5, 0.6) is 0 Å². The molecule has 1 atom stereocenters. The van der Waals surface area contributed by atoms with Crippen LogP contribution in [0.4, 0.5) is 0 Å². The van der Waals surface area contributed by atoms with Gasteiger partial charge in [0, 0.05) is 18.8 Å². The normalized spacial score (nSPS) is 20.9. The second-order valence-corrected chi connectivity index (χ2v) is 5.75. The van der Waals surface area contributed by atoms with Crippen LogP contribution in [0.2, 0.25) is 0 Å². The van der Waals surface area contributed by atoms with Gasteiger partial charge in [-0.1, -0.05) is 6.07 Å². The summed E-state index contributed by atoms with van der Waals surface area (Å²) in [4.78, 5) is 0.409. The maximum absolute atomic E-state index is 11.3. The van der Waals surface area contributed by atoms with Crippen LogP contribution in [0.15, 0.2) is 23.1 Å². The smallest absolute Gasteiger partial charge is 0.175 e. The number of hydrogen-bond acceptors (Lipinski definition) is 3. The lowest BCUT2D eigenvalue weighted by molar-refractivity contribution is 0.601. The molecule has 0 saturated heterocycles. The van der Waals surface area contributed by atoms with E-state index in [-0.39, 0.29) is 0 Å². The van der Waals surface area contributed by atoms with Gasteiger partial charge in [-0.25, -0.2) is 8.42 Å². The molecule has 4 heteroatoms. The molecule has 2 rings (SSSR count). The molecular weight excluding hydrogens is 198 g/mol. The first-order chi connectivity index (χ1) is 6.48. The lowest BCUT2D eigenvalue weighted by atomic mass is 10.1. The van der Waals surface area contributed by atoms with E-state index in [1.807, 2.05) is 6.07 Å². The molecule has 76 valence electrons. The topological polar surface area (TPSA) is 46.2 Å². The van der Waals surface area contributed by atoms with E-state index in [9.17, 15) is 8.42 Å². The third-order valence-corrected chi connectivity index (χ3v) is 3.72. The third-order valence-electron chi connectivity index (χ3n) is 2.61. The zero-order valence-corrected chi connectivity index (χ0v) is 9.06. The van der Waals surface area contributed by atoms with Crippen LogP contribution in [0.25, 0.3) is 0 Å². The fourth-order valence-electron chi connectivity index (χ4n) is 1.76. The number of nitrogens with one attached hydrogen (secondary N) is 1. The highest BCUT2D eigenvalue weighted by atomic mass is 32.2. The summed E-state index contributed by atoms with van der Waals surface area (Å²) < 4.78 is 22.6. The zero-order valence-electron chi connectivity index (χ0n) is 8.24. The summed E-state index contributed by atoms with van der Waals surface area (Å²) in [7, 11) is -3.07. The Balaban J connectivity index is 2.53. The van der Waals surface area contributed by atoms with Crippen molar-refractivity contribution < 1.29 is 8.42 Å². The Morgan fingerprint density at radius 1 is 1.43 bits per heavy atom. The standard InChI is InChI=1S/C10H13NO2S/c1-7-10-4-3-9(14(2,12)13)5-8(10)6-11-7/h3-5,7,11H,6H2,1-2H3/t7-/m1/s1. The molecule has 1 aliphatic heterocycles. The number of rotatable bonds is 1. The molecule has 0 amide bonds. The monoisotopic (exact) mass is 211 g/mol. The summed E-state index contributed by atoms with van der Waals surface area (Å²) in [6.45, 7) is 2.84. The highest BCUT2D eigenvalue weighted by molar-refractivity contribution is 7.90. The van der Waals surface area contributed by atoms with Gasteiger partial charge in [-0.2, -0.15) is 0 Å². The van der Waals surface area contributed by atoms with E-state index in [1.165, 1.54) is 11.8 Å². The van der Waals surface area contributed by atoms with E-state index in [2.05, 4.69) is 12.2 Å². The molecule has 1 aromatic carbocycles. The summed E-state index contributed by atoms with van der Waals surface area (Å²) >= 11 is 0. The van der Waals surface area contributed by atoms with Crippen LogP contribution in [-0.4, -0.2) is 14.7 Å². The second-order valence-electron chi connectivity index (χ2n) is 3.74. The largest absolute Gasteiger partial charge is 0.306 e. The molecule has 1 aliphatic rings. The van der Waals surface area contributed by atoms with Crippen molar-refractivity contribution in [3.63, 3.8) is 0 Å². The quantitative estimate of drug-likeness (QED) is 0.760. The number of fused-ring (bicyclic) bond motifs is 1. The van der Waals surface area contributed by atoms with Crippen LogP contribution in [0.3, 0.4) is 0 Å². The molecule has 1 heterocycles. The SMILES string of the molecule is C[C@H]1NCc2cc(S(C)(=O)=O)ccc21. The molecule has 0 aromatic heterocycles. The van der Waals surface area contributed by atoms with E-state index in [1.54, 1.807) is 12.1 Å². The summed E-state index contributed by atoms with van der Waals surface area (Å²) in [5, 5.41) is 3.27. The number of benzene rings is 1. The van der Waals surface area contributed by atoms with Crippen molar-refractivity contribution in [2.24, 2.45) is 0 Å². The fourth-order valence-corrected chi connectivity index (χ4v) is 2.43. The molecule has 0 saturated carbocycles. The summed E-state index contributed by atoms with van der Waals surface area (Å²) in [5.41, 5.74) is 2.30. The number of sulfone groups is 1. The van der Waals surface area contributed by atoms with Gasteiger partial charge in [-0.05, 0) is 30.2 Å². The van der Waals surface area contributed by atoms with Gasteiger partial charge in [0.25, 0.3) is 0 Å². The average Bonchev–Trinajstić information content (AvgIpc) is 2.46. The Morgan fingerprint density at radius 3 is 2.79 bits per heavy atom. The van der Waals surface area contributed by atoms with Crippen molar-refractivity contribution in [3.8, 4) is 0 Å². The predicted octanol–water partition coefficient (Wildman–Crippen LogP) is 1.25. The van der Waals surface area contributed by atoms with Gasteiger partial charge in [0.1, 0.15) is 0 Å². The molecule has 0 aliphatic carbocycles. The molecular formula is C10H13NO2S. The van der Waals surface area contributed by atoms with Crippen LogP contribution >= 0.6 is 0 Å². The molecule has 0 bridgehead atoms. The van der Waals surface area contributed by atoms with Crippen molar-refractivity contribution >= 4 is 9.84 Å². The van der Waals surface area contributed by atoms with Crippen molar-refractivity contribution in [3.05, 3.63) is 29.3 Å². The van der Waals surface area contributed by atoms with Gasteiger partial charge in [-0.3, -0.25) is 0 Å². The van der Waals surface area contributed by atoms with Crippen molar-refractivity contribution in [2.45, 2.75) is 24.4 Å². The van der Waals surface area contributed by atoms with Crippen molar-refractivity contribution in [2.75, 3.05) is 6.26 Å². The minimum atomic E-state index is -3.07. The Kier molecular flexibility index (Phi) is 2.12. The molecule has 0 fully saturated rings. The van der Waals surface area contributed by atoms with Crippen LogP contribution in [-0.2, 0) is 16.4 Å². The van der Waals surface area contributed by atoms with E-state index in [0.717, 1.165) is 12.1 Å². The molecule has 3 nitrogen and oxygen atoms in total. The maximum Gasteiger partial charge on any atom is 0.175 e. The minimum Gasteiger partial charge on any atom is -0.306 e. The zero-order chi connectivity index (χ0) is 10.3. The highest BCUT2D eigenvalue weighted by Crippen LogP contribution is 2.26. The van der Waals surface area contributed by atoms with Gasteiger partial charge < -0.3 is 5.32 Å². The molecule has 0 radical (unpaired) electrons. The van der Waals surface area contributed by atoms with E-state index in [0.29, 0.717) is 10.9 Å². The fraction of sp³-hybridized carbons (Fsp3) is 0.400. The second kappa shape index (κ2) is 3.07. The number of hydrogen-bond donors (Lipinski definition) is 1. The van der Waals surface area contributed by atoms with Crippen molar-refractivity contribution in [1.29, 1.82) is 0 Å². The minimum absolute atomic E-state index is 0.332. The average molecular weight is 211 g/mol. The highest BCUT2D eigenvalue weighted by Gasteiger charge is 2.19. The van der Waals surface area contributed by atoms with Gasteiger partial charge in [-0.15, -0.1) is 0 Å². The van der Waals surface area contributed by atoms with E-state index < -0.39 is 9.84 Å². The summed E-state index contributed by atoms with van der Waals surface area (Å²) in [6.07, 6.45) is 1.24. The van der Waals surface area contributed by atoms with Crippen LogP contribution in [0, 0.1) is 0 Å². The molecule has 0 spiro atoms. The van der Waals surface area contributed by atoms with Gasteiger partial charge >= 0.3 is 0 Å². The first-order valence-electron chi connectivity index (χ1n) is 4.55. The van der Waals surface area contributed by atoms with Crippen LogP contribution in [0.1, 0.15) is 24.1 Å². The predicted molar refractivity (Wildman–Crippen MR) is 54.8 cm³/mol. The lowest BCUT2D eigenvalue weighted by Crippen LogP contribution is -2.06. The van der Waals surface area contributed by atoms with Crippen molar-refractivity contribution in [1.82, 2.24) is 5.32 Å². The first kappa shape index (κ1) is 9.68. The summed E-state index contributed by atoms with van der Waals surface area (Å²) in [5.74, 6) is 0. The van der Waals surface area contributed by atoms with E-state index in [4.69, 9.17) is 0 Å². The molecule has 14 heavy (non-hydrogen) atoms. The molecule has 1 N–H and O–H groups in total. The maximum atomic E-state index is 11.3. The Morgan fingerprint density at radius 2 is 2.14 bits per heavy atom. The lowest BCUT2D eigenvalue weighted by Gasteiger charge is -2.05. The molecule has 0 unspecified atom stereocenters. The molecule has 1 aromatic rings. The first-order valence-corrected chi connectivity index (χ1v) is 6.44. The summed E-state index contributed by atoms with van der Waals surface area (Å²) in [6, 6.07) is 5.67. The Hall–Kier alpha value is -0.870. The van der Waals surface area contributed by atoms with E-state index >= 15 is 0 Å². The Labute approximate surface area is 84.1 Å². The Bertz CT molecular complexity index is 465. The van der Waals surface area contributed by atoms with Gasteiger partial charge in [0.15, 0.2) is 9.84 Å². The van der Waals surface area contributed by atoms with Gasteiger partial charge in [0.2, 0.25) is 0 Å².